The Morgan fingerprint density at radius 3 is 2.86 bits per heavy atom. The average Bonchev–Trinajstić information content (AvgIpc) is 2.49. The van der Waals surface area contributed by atoms with Crippen LogP contribution in [0.5, 0.6) is 0 Å². The van der Waals surface area contributed by atoms with Crippen LogP contribution >= 0.6 is 11.6 Å². The summed E-state index contributed by atoms with van der Waals surface area (Å²) < 4.78 is 5.30. The van der Waals surface area contributed by atoms with E-state index in [-0.39, 0.29) is 5.69 Å². The molecule has 0 atom stereocenters. The highest BCUT2D eigenvalue weighted by Gasteiger charge is 2.16. The normalized spacial score (nSPS) is 16.0. The second-order valence-corrected chi connectivity index (χ2v) is 5.39. The monoisotopic (exact) mass is 313 g/mol. The fourth-order valence-electron chi connectivity index (χ4n) is 2.36. The van der Waals surface area contributed by atoms with Gasteiger partial charge in [-0.05, 0) is 25.6 Å². The molecule has 0 aromatic heterocycles. The van der Waals surface area contributed by atoms with Gasteiger partial charge in [0.2, 0.25) is 0 Å². The van der Waals surface area contributed by atoms with Gasteiger partial charge in [0.25, 0.3) is 5.69 Å². The van der Waals surface area contributed by atoms with Crippen LogP contribution in [0.25, 0.3) is 0 Å². The van der Waals surface area contributed by atoms with E-state index in [0.29, 0.717) is 17.1 Å². The highest BCUT2D eigenvalue weighted by Crippen LogP contribution is 2.25. The van der Waals surface area contributed by atoms with Gasteiger partial charge < -0.3 is 10.1 Å². The molecule has 0 amide bonds. The number of ether oxygens (including phenoxy) is 1. The van der Waals surface area contributed by atoms with Crippen molar-refractivity contribution < 1.29 is 9.66 Å². The highest BCUT2D eigenvalue weighted by molar-refractivity contribution is 6.31. The highest BCUT2D eigenvalue weighted by atomic mass is 35.5. The van der Waals surface area contributed by atoms with Crippen molar-refractivity contribution in [2.24, 2.45) is 0 Å². The molecule has 1 aliphatic heterocycles. The van der Waals surface area contributed by atoms with Crippen molar-refractivity contribution in [3.63, 3.8) is 0 Å². The van der Waals surface area contributed by atoms with Crippen LogP contribution in [0.15, 0.2) is 18.2 Å². The number of benzene rings is 1. The largest absolute Gasteiger partial charge is 0.379 e. The fraction of sp³-hybridized carbons (Fsp3) is 0.571. The Labute approximate surface area is 129 Å². The molecule has 1 saturated heterocycles. The lowest BCUT2D eigenvalue weighted by Gasteiger charge is -2.26. The summed E-state index contributed by atoms with van der Waals surface area (Å²) in [6.45, 7) is 5.81. The summed E-state index contributed by atoms with van der Waals surface area (Å²) in [4.78, 5) is 12.9. The van der Waals surface area contributed by atoms with Gasteiger partial charge in [-0.15, -0.1) is 0 Å². The van der Waals surface area contributed by atoms with E-state index in [1.807, 2.05) is 0 Å². The Morgan fingerprint density at radius 1 is 1.38 bits per heavy atom. The van der Waals surface area contributed by atoms with E-state index in [4.69, 9.17) is 16.3 Å². The van der Waals surface area contributed by atoms with Crippen LogP contribution in [-0.2, 0) is 11.3 Å². The Balaban J connectivity index is 1.74. The number of hydrogen-bond donors (Lipinski definition) is 1. The number of nitro benzene ring substituents is 1. The maximum absolute atomic E-state index is 11.0. The van der Waals surface area contributed by atoms with Crippen molar-refractivity contribution in [1.82, 2.24) is 10.2 Å². The predicted octanol–water partition coefficient (Wildman–Crippen LogP) is 2.06. The van der Waals surface area contributed by atoms with Crippen molar-refractivity contribution in [3.05, 3.63) is 38.9 Å². The Hall–Kier alpha value is -1.21. The van der Waals surface area contributed by atoms with E-state index in [1.54, 1.807) is 12.1 Å². The van der Waals surface area contributed by atoms with E-state index in [0.717, 1.165) is 45.8 Å². The second-order valence-electron chi connectivity index (χ2n) is 4.98. The first kappa shape index (κ1) is 16.2. The van der Waals surface area contributed by atoms with Crippen molar-refractivity contribution in [3.8, 4) is 0 Å². The summed E-state index contributed by atoms with van der Waals surface area (Å²) in [5.41, 5.74) is 0.624. The minimum atomic E-state index is -0.392. The Bertz CT molecular complexity index is 479. The molecule has 1 aliphatic rings. The quantitative estimate of drug-likeness (QED) is 0.474. The maximum atomic E-state index is 11.0. The lowest BCUT2D eigenvalue weighted by Crippen LogP contribution is -2.37. The number of nitrogens with zero attached hydrogens (tertiary/aromatic N) is 2. The van der Waals surface area contributed by atoms with E-state index in [1.165, 1.54) is 6.07 Å². The molecule has 0 aliphatic carbocycles. The first-order valence-corrected chi connectivity index (χ1v) is 7.49. The van der Waals surface area contributed by atoms with E-state index >= 15 is 0 Å². The lowest BCUT2D eigenvalue weighted by molar-refractivity contribution is -0.385. The summed E-state index contributed by atoms with van der Waals surface area (Å²) in [6, 6.07) is 4.76. The second kappa shape index (κ2) is 8.29. The van der Waals surface area contributed by atoms with Gasteiger partial charge in [0.05, 0.1) is 28.7 Å². The zero-order valence-electron chi connectivity index (χ0n) is 11.9. The molecule has 1 aromatic carbocycles. The first-order chi connectivity index (χ1) is 10.2. The third-order valence-corrected chi connectivity index (χ3v) is 3.88. The number of hydrogen-bond acceptors (Lipinski definition) is 5. The molecule has 1 aromatic rings. The number of nitro groups is 1. The molecular weight excluding hydrogens is 294 g/mol. The number of rotatable bonds is 7. The van der Waals surface area contributed by atoms with Crippen LogP contribution in [0, 0.1) is 10.1 Å². The van der Waals surface area contributed by atoms with Gasteiger partial charge in [0.1, 0.15) is 0 Å². The van der Waals surface area contributed by atoms with Crippen LogP contribution in [0.2, 0.25) is 5.02 Å². The third kappa shape index (κ3) is 4.93. The molecular formula is C14H20ClN3O3. The number of nitrogens with one attached hydrogen (secondary N) is 1. The minimum Gasteiger partial charge on any atom is -0.379 e. The average molecular weight is 314 g/mol. The Morgan fingerprint density at radius 2 is 2.14 bits per heavy atom. The van der Waals surface area contributed by atoms with Crippen LogP contribution in [0.4, 0.5) is 5.69 Å². The van der Waals surface area contributed by atoms with Gasteiger partial charge in [0, 0.05) is 25.7 Å². The topological polar surface area (TPSA) is 67.6 Å². The molecule has 1 N–H and O–H groups in total. The smallest absolute Gasteiger partial charge is 0.275 e. The van der Waals surface area contributed by atoms with Gasteiger partial charge in [0.15, 0.2) is 0 Å². The molecule has 21 heavy (non-hydrogen) atoms. The molecule has 0 saturated carbocycles. The van der Waals surface area contributed by atoms with Crippen molar-refractivity contribution in [2.75, 3.05) is 39.4 Å². The van der Waals surface area contributed by atoms with E-state index in [2.05, 4.69) is 10.2 Å². The molecule has 0 radical (unpaired) electrons. The molecule has 0 unspecified atom stereocenters. The SMILES string of the molecule is O=[N+]([O-])c1cccc(Cl)c1CNCCCN1CCOCC1. The third-order valence-electron chi connectivity index (χ3n) is 3.52. The van der Waals surface area contributed by atoms with Crippen molar-refractivity contribution >= 4 is 17.3 Å². The number of halogens is 1. The zero-order chi connectivity index (χ0) is 15.1. The molecule has 2 rings (SSSR count). The van der Waals surface area contributed by atoms with Gasteiger partial charge in [-0.2, -0.15) is 0 Å². The first-order valence-electron chi connectivity index (χ1n) is 7.11. The molecule has 1 heterocycles. The molecule has 0 bridgehead atoms. The van der Waals surface area contributed by atoms with Gasteiger partial charge >= 0.3 is 0 Å². The van der Waals surface area contributed by atoms with Crippen LogP contribution < -0.4 is 5.32 Å². The number of morpholine rings is 1. The fourth-order valence-corrected chi connectivity index (χ4v) is 2.60. The summed E-state index contributed by atoms with van der Waals surface area (Å²) in [5, 5.41) is 14.6. The maximum Gasteiger partial charge on any atom is 0.275 e. The summed E-state index contributed by atoms with van der Waals surface area (Å²) in [5.74, 6) is 0. The Kier molecular flexibility index (Phi) is 6.38. The lowest BCUT2D eigenvalue weighted by atomic mass is 10.2. The molecule has 116 valence electrons. The van der Waals surface area contributed by atoms with Gasteiger partial charge in [-0.25, -0.2) is 0 Å². The minimum absolute atomic E-state index is 0.0724. The van der Waals surface area contributed by atoms with E-state index < -0.39 is 4.92 Å². The summed E-state index contributed by atoms with van der Waals surface area (Å²) in [7, 11) is 0. The standard InChI is InChI=1S/C14H20ClN3O3/c15-13-3-1-4-14(18(19)20)12(13)11-16-5-2-6-17-7-9-21-10-8-17/h1,3-4,16H,2,5-11H2. The van der Waals surface area contributed by atoms with Crippen molar-refractivity contribution in [2.45, 2.75) is 13.0 Å². The van der Waals surface area contributed by atoms with Crippen LogP contribution in [-0.4, -0.2) is 49.2 Å². The molecule has 0 spiro atoms. The van der Waals surface area contributed by atoms with Gasteiger partial charge in [-0.3, -0.25) is 15.0 Å². The summed E-state index contributed by atoms with van der Waals surface area (Å²) >= 11 is 6.04. The van der Waals surface area contributed by atoms with Crippen LogP contribution in [0.3, 0.4) is 0 Å². The molecule has 1 fully saturated rings. The zero-order valence-corrected chi connectivity index (χ0v) is 12.6. The van der Waals surface area contributed by atoms with Crippen molar-refractivity contribution in [1.29, 1.82) is 0 Å². The van der Waals surface area contributed by atoms with E-state index in [9.17, 15) is 10.1 Å². The van der Waals surface area contributed by atoms with Crippen LogP contribution in [0.1, 0.15) is 12.0 Å². The molecule has 7 heteroatoms. The molecule has 6 nitrogen and oxygen atoms in total. The summed E-state index contributed by atoms with van der Waals surface area (Å²) in [6.07, 6.45) is 0.998. The predicted molar refractivity (Wildman–Crippen MR) is 81.7 cm³/mol. The van der Waals surface area contributed by atoms with Gasteiger partial charge in [-0.1, -0.05) is 17.7 Å².